The third kappa shape index (κ3) is 3.19. The number of carbonyl (C=O) groups is 1. The van der Waals surface area contributed by atoms with E-state index in [1.807, 2.05) is 6.92 Å². The van der Waals surface area contributed by atoms with Crippen LogP contribution in [0.1, 0.15) is 21.5 Å². The highest BCUT2D eigenvalue weighted by atomic mass is 32.2. The van der Waals surface area contributed by atoms with Crippen LogP contribution >= 0.6 is 0 Å². The minimum absolute atomic E-state index is 0.0626. The second-order valence-corrected chi connectivity index (χ2v) is 6.24. The first-order valence-electron chi connectivity index (χ1n) is 6.09. The minimum Gasteiger partial charge on any atom is -0.478 e. The van der Waals surface area contributed by atoms with Gasteiger partial charge >= 0.3 is 5.97 Å². The molecule has 0 spiro atoms. The smallest absolute Gasteiger partial charge is 0.339 e. The maximum Gasteiger partial charge on any atom is 0.339 e. The van der Waals surface area contributed by atoms with Gasteiger partial charge in [-0.05, 0) is 49.2 Å². The van der Waals surface area contributed by atoms with E-state index in [0.717, 1.165) is 11.1 Å². The Balaban J connectivity index is 2.42. The van der Waals surface area contributed by atoms with Gasteiger partial charge in [-0.15, -0.1) is 0 Å². The lowest BCUT2D eigenvalue weighted by Crippen LogP contribution is -2.17. The van der Waals surface area contributed by atoms with Crippen molar-refractivity contribution in [2.24, 2.45) is 0 Å². The van der Waals surface area contributed by atoms with Gasteiger partial charge in [-0.3, -0.25) is 4.72 Å². The molecular weight excluding hydrogens is 292 g/mol. The molecule has 110 valence electrons. The van der Waals surface area contributed by atoms with Crippen molar-refractivity contribution >= 4 is 21.8 Å². The van der Waals surface area contributed by atoms with Crippen molar-refractivity contribution in [2.45, 2.75) is 18.7 Å². The molecule has 0 saturated carbocycles. The molecule has 0 aliphatic carbocycles. The molecule has 0 unspecified atom stereocenters. The average Bonchev–Trinajstić information content (AvgIpc) is 2.41. The van der Waals surface area contributed by atoms with Gasteiger partial charge < -0.3 is 5.11 Å². The molecule has 2 N–H and O–H groups in total. The summed E-state index contributed by atoms with van der Waals surface area (Å²) >= 11 is 0. The number of hydrogen-bond donors (Lipinski definition) is 2. The fourth-order valence-corrected chi connectivity index (χ4v) is 2.84. The molecule has 7 heteroatoms. The van der Waals surface area contributed by atoms with Crippen molar-refractivity contribution < 1.29 is 18.3 Å². The fraction of sp³-hybridized carbons (Fsp3) is 0.143. The van der Waals surface area contributed by atoms with Crippen LogP contribution in [0, 0.1) is 13.8 Å². The minimum atomic E-state index is -3.88. The first-order chi connectivity index (χ1) is 9.81. The SMILES string of the molecule is Cc1ccc(S(=O)(=O)Nc2ncccc2C(=O)O)cc1C. The quantitative estimate of drug-likeness (QED) is 0.902. The molecule has 2 rings (SSSR count). The van der Waals surface area contributed by atoms with Crippen LogP contribution in [0.3, 0.4) is 0 Å². The van der Waals surface area contributed by atoms with E-state index in [4.69, 9.17) is 5.11 Å². The van der Waals surface area contributed by atoms with Crippen molar-refractivity contribution in [3.05, 3.63) is 53.2 Å². The van der Waals surface area contributed by atoms with Crippen molar-refractivity contribution in [2.75, 3.05) is 4.72 Å². The van der Waals surface area contributed by atoms with E-state index in [1.54, 1.807) is 13.0 Å². The normalized spacial score (nSPS) is 11.1. The zero-order valence-electron chi connectivity index (χ0n) is 11.5. The van der Waals surface area contributed by atoms with Crippen LogP contribution in [-0.4, -0.2) is 24.5 Å². The summed E-state index contributed by atoms with van der Waals surface area (Å²) in [5, 5.41) is 9.04. The van der Waals surface area contributed by atoms with Crippen molar-refractivity contribution in [3.8, 4) is 0 Å². The summed E-state index contributed by atoms with van der Waals surface area (Å²) in [6.45, 7) is 3.68. The molecule has 1 aromatic carbocycles. The number of aromatic nitrogens is 1. The number of carboxylic acids is 1. The van der Waals surface area contributed by atoms with Crippen molar-refractivity contribution in [1.29, 1.82) is 0 Å². The predicted octanol–water partition coefficient (Wildman–Crippen LogP) is 2.20. The lowest BCUT2D eigenvalue weighted by molar-refractivity contribution is 0.0697. The average molecular weight is 306 g/mol. The number of aryl methyl sites for hydroxylation is 2. The van der Waals surface area contributed by atoms with E-state index in [2.05, 4.69) is 9.71 Å². The highest BCUT2D eigenvalue weighted by molar-refractivity contribution is 7.92. The van der Waals surface area contributed by atoms with Crippen LogP contribution in [0.5, 0.6) is 0 Å². The number of rotatable bonds is 4. The van der Waals surface area contributed by atoms with Gasteiger partial charge in [0.15, 0.2) is 5.82 Å². The Kier molecular flexibility index (Phi) is 3.95. The summed E-state index contributed by atoms with van der Waals surface area (Å²) in [5.41, 5.74) is 1.60. The van der Waals surface area contributed by atoms with Crippen molar-refractivity contribution in [3.63, 3.8) is 0 Å². The van der Waals surface area contributed by atoms with Gasteiger partial charge in [-0.25, -0.2) is 18.2 Å². The molecule has 6 nitrogen and oxygen atoms in total. The summed E-state index contributed by atoms with van der Waals surface area (Å²) in [6, 6.07) is 7.40. The Hall–Kier alpha value is -2.41. The number of nitrogens with one attached hydrogen (secondary N) is 1. The van der Waals surface area contributed by atoms with E-state index in [1.165, 1.54) is 30.5 Å². The first-order valence-corrected chi connectivity index (χ1v) is 7.58. The molecule has 0 amide bonds. The predicted molar refractivity (Wildman–Crippen MR) is 77.9 cm³/mol. The van der Waals surface area contributed by atoms with Crippen LogP contribution in [0.2, 0.25) is 0 Å². The zero-order chi connectivity index (χ0) is 15.6. The second-order valence-electron chi connectivity index (χ2n) is 4.56. The monoisotopic (exact) mass is 306 g/mol. The molecule has 0 saturated heterocycles. The molecule has 0 atom stereocenters. The number of nitrogens with zero attached hydrogens (tertiary/aromatic N) is 1. The molecule has 0 fully saturated rings. The fourth-order valence-electron chi connectivity index (χ4n) is 1.73. The molecular formula is C14H14N2O4S. The zero-order valence-corrected chi connectivity index (χ0v) is 12.3. The molecule has 0 aliphatic rings. The summed E-state index contributed by atoms with van der Waals surface area (Å²) in [4.78, 5) is 14.9. The van der Waals surface area contributed by atoms with Gasteiger partial charge in [-0.2, -0.15) is 0 Å². The third-order valence-electron chi connectivity index (χ3n) is 3.06. The lowest BCUT2D eigenvalue weighted by atomic mass is 10.1. The van der Waals surface area contributed by atoms with E-state index < -0.39 is 16.0 Å². The number of aromatic carboxylic acids is 1. The number of pyridine rings is 1. The molecule has 1 aromatic heterocycles. The van der Waals surface area contributed by atoms with E-state index in [9.17, 15) is 13.2 Å². The summed E-state index contributed by atoms with van der Waals surface area (Å²) < 4.78 is 26.8. The van der Waals surface area contributed by atoms with Crippen LogP contribution < -0.4 is 4.72 Å². The number of carboxylic acid groups (broad SMARTS) is 1. The van der Waals surface area contributed by atoms with Crippen LogP contribution in [0.25, 0.3) is 0 Å². The number of benzene rings is 1. The second kappa shape index (κ2) is 5.53. The number of anilines is 1. The highest BCUT2D eigenvalue weighted by Gasteiger charge is 2.19. The van der Waals surface area contributed by atoms with Gasteiger partial charge in [0.05, 0.1) is 4.90 Å². The Morgan fingerprint density at radius 1 is 1.19 bits per heavy atom. The van der Waals surface area contributed by atoms with Gasteiger partial charge in [0.25, 0.3) is 10.0 Å². The number of sulfonamides is 1. The Labute approximate surface area is 122 Å². The molecule has 2 aromatic rings. The first kappa shape index (κ1) is 15.0. The maximum absolute atomic E-state index is 12.3. The van der Waals surface area contributed by atoms with Gasteiger partial charge in [0.1, 0.15) is 5.56 Å². The maximum atomic E-state index is 12.3. The molecule has 0 aliphatic heterocycles. The highest BCUT2D eigenvalue weighted by Crippen LogP contribution is 2.19. The van der Waals surface area contributed by atoms with Crippen molar-refractivity contribution in [1.82, 2.24) is 4.98 Å². The summed E-state index contributed by atoms with van der Waals surface area (Å²) in [7, 11) is -3.88. The van der Waals surface area contributed by atoms with Gasteiger partial charge in [0.2, 0.25) is 0 Å². The standard InChI is InChI=1S/C14H14N2O4S/c1-9-5-6-11(8-10(9)2)21(19,20)16-13-12(14(17)18)4-3-7-15-13/h3-8H,1-2H3,(H,15,16)(H,17,18). The molecule has 1 heterocycles. The van der Waals surface area contributed by atoms with Crippen LogP contribution in [0.4, 0.5) is 5.82 Å². The van der Waals surface area contributed by atoms with Crippen LogP contribution in [-0.2, 0) is 10.0 Å². The van der Waals surface area contributed by atoms with E-state index in [0.29, 0.717) is 0 Å². The number of hydrogen-bond acceptors (Lipinski definition) is 4. The van der Waals surface area contributed by atoms with Crippen LogP contribution in [0.15, 0.2) is 41.4 Å². The third-order valence-corrected chi connectivity index (χ3v) is 4.39. The Morgan fingerprint density at radius 2 is 1.90 bits per heavy atom. The molecule has 21 heavy (non-hydrogen) atoms. The summed E-state index contributed by atoms with van der Waals surface area (Å²) in [5.74, 6) is -1.45. The van der Waals surface area contributed by atoms with Gasteiger partial charge in [0, 0.05) is 6.20 Å². The topological polar surface area (TPSA) is 96.4 Å². The van der Waals surface area contributed by atoms with E-state index >= 15 is 0 Å². The summed E-state index contributed by atoms with van der Waals surface area (Å²) in [6.07, 6.45) is 1.32. The molecule has 0 bridgehead atoms. The lowest BCUT2D eigenvalue weighted by Gasteiger charge is -2.10. The van der Waals surface area contributed by atoms with Gasteiger partial charge in [-0.1, -0.05) is 6.07 Å². The Morgan fingerprint density at radius 3 is 2.52 bits per heavy atom. The Bertz CT molecular complexity index is 800. The largest absolute Gasteiger partial charge is 0.478 e. The van der Waals surface area contributed by atoms with E-state index in [-0.39, 0.29) is 16.3 Å². The molecule has 0 radical (unpaired) electrons.